The fraction of sp³-hybridized carbons (Fsp3) is 0.304. The molecule has 1 aromatic heterocycles. The average molecular weight is 519 g/mol. The van der Waals surface area contributed by atoms with Crippen LogP contribution in [-0.4, -0.2) is 36.5 Å². The molecule has 30 heavy (non-hydrogen) atoms. The summed E-state index contributed by atoms with van der Waals surface area (Å²) >= 11 is 0. The number of aliphatic imine (C=N–C) groups is 1. The maximum atomic E-state index is 12.1. The Morgan fingerprint density at radius 3 is 2.63 bits per heavy atom. The van der Waals surface area contributed by atoms with Gasteiger partial charge in [0.05, 0.1) is 0 Å². The molecule has 0 saturated heterocycles. The second-order valence-corrected chi connectivity index (χ2v) is 7.00. The van der Waals surface area contributed by atoms with Crippen LogP contribution in [0.15, 0.2) is 59.7 Å². The molecule has 3 rings (SSSR count). The molecule has 1 amide bonds. The fourth-order valence-electron chi connectivity index (χ4n) is 3.17. The monoisotopic (exact) mass is 519 g/mol. The minimum absolute atomic E-state index is 0. The van der Waals surface area contributed by atoms with Crippen LogP contribution in [-0.2, 0) is 17.8 Å². The van der Waals surface area contributed by atoms with E-state index < -0.39 is 0 Å². The Kier molecular flexibility index (Phi) is 9.66. The minimum Gasteiger partial charge on any atom is -0.361 e. The third-order valence-corrected chi connectivity index (χ3v) is 4.67. The van der Waals surface area contributed by atoms with E-state index in [0.717, 1.165) is 30.6 Å². The number of H-pyrrole nitrogens is 1. The molecule has 0 aliphatic rings. The smallest absolute Gasteiger partial charge is 0.242 e. The standard InChI is InChI=1S/C23H29N5O.HI/c1-3-24-23(28-16-22(29)27-14-18-7-5-4-6-8-18)25-12-11-19-15-26-21-13-17(2)9-10-20(19)21;/h4-10,13,15,26H,3,11-12,14,16H2,1-2H3,(H,27,29)(H2,24,25,28);1H. The van der Waals surface area contributed by atoms with Gasteiger partial charge in [0, 0.05) is 36.7 Å². The van der Waals surface area contributed by atoms with Crippen molar-refractivity contribution in [2.45, 2.75) is 26.8 Å². The van der Waals surface area contributed by atoms with Crippen LogP contribution < -0.4 is 16.0 Å². The third kappa shape index (κ3) is 7.05. The van der Waals surface area contributed by atoms with E-state index in [4.69, 9.17) is 0 Å². The van der Waals surface area contributed by atoms with Crippen molar-refractivity contribution in [3.63, 3.8) is 0 Å². The lowest BCUT2D eigenvalue weighted by Gasteiger charge is -2.11. The van der Waals surface area contributed by atoms with Gasteiger partial charge in [-0.3, -0.25) is 4.79 Å². The van der Waals surface area contributed by atoms with Crippen LogP contribution in [0.2, 0.25) is 0 Å². The van der Waals surface area contributed by atoms with Gasteiger partial charge in [-0.2, -0.15) is 0 Å². The number of hydrogen-bond donors (Lipinski definition) is 4. The Balaban J connectivity index is 0.00000320. The van der Waals surface area contributed by atoms with Crippen LogP contribution in [0.25, 0.3) is 10.9 Å². The van der Waals surface area contributed by atoms with E-state index in [1.807, 2.05) is 37.3 Å². The number of benzene rings is 2. The lowest BCUT2D eigenvalue weighted by Crippen LogP contribution is -2.39. The number of amides is 1. The highest BCUT2D eigenvalue weighted by molar-refractivity contribution is 14.0. The lowest BCUT2D eigenvalue weighted by molar-refractivity contribution is -0.119. The number of fused-ring (bicyclic) bond motifs is 1. The van der Waals surface area contributed by atoms with Gasteiger partial charge in [0.2, 0.25) is 5.91 Å². The maximum absolute atomic E-state index is 12.1. The molecule has 6 nitrogen and oxygen atoms in total. The van der Waals surface area contributed by atoms with Gasteiger partial charge in [0.25, 0.3) is 0 Å². The summed E-state index contributed by atoms with van der Waals surface area (Å²) in [7, 11) is 0. The number of hydrogen-bond acceptors (Lipinski definition) is 2. The first-order valence-corrected chi connectivity index (χ1v) is 10.0. The van der Waals surface area contributed by atoms with Crippen LogP contribution in [0.3, 0.4) is 0 Å². The lowest BCUT2D eigenvalue weighted by atomic mass is 10.1. The number of nitrogens with zero attached hydrogens (tertiary/aromatic N) is 1. The van der Waals surface area contributed by atoms with Gasteiger partial charge in [0.15, 0.2) is 5.96 Å². The van der Waals surface area contributed by atoms with E-state index in [1.165, 1.54) is 16.5 Å². The van der Waals surface area contributed by atoms with Crippen molar-refractivity contribution in [2.75, 3.05) is 19.6 Å². The summed E-state index contributed by atoms with van der Waals surface area (Å²) in [6.07, 6.45) is 2.93. The van der Waals surface area contributed by atoms with E-state index in [9.17, 15) is 4.79 Å². The number of aromatic nitrogens is 1. The normalized spacial score (nSPS) is 11.1. The molecule has 0 aliphatic carbocycles. The van der Waals surface area contributed by atoms with Gasteiger partial charge >= 0.3 is 0 Å². The first-order chi connectivity index (χ1) is 14.2. The molecule has 0 spiro atoms. The number of halogens is 1. The van der Waals surface area contributed by atoms with Crippen LogP contribution in [0.1, 0.15) is 23.6 Å². The van der Waals surface area contributed by atoms with E-state index in [2.05, 4.69) is 57.2 Å². The zero-order valence-corrected chi connectivity index (χ0v) is 19.8. The summed E-state index contributed by atoms with van der Waals surface area (Å²) in [5.74, 6) is 0.552. The zero-order valence-electron chi connectivity index (χ0n) is 17.5. The van der Waals surface area contributed by atoms with Gasteiger partial charge in [-0.05, 0) is 43.0 Å². The van der Waals surface area contributed by atoms with E-state index in [1.54, 1.807) is 0 Å². The van der Waals surface area contributed by atoms with Gasteiger partial charge in [-0.1, -0.05) is 42.5 Å². The van der Waals surface area contributed by atoms with Crippen molar-refractivity contribution < 1.29 is 4.79 Å². The molecule has 0 bridgehead atoms. The van der Waals surface area contributed by atoms with Crippen LogP contribution in [0.5, 0.6) is 0 Å². The van der Waals surface area contributed by atoms with E-state index >= 15 is 0 Å². The van der Waals surface area contributed by atoms with Crippen molar-refractivity contribution in [2.24, 2.45) is 4.99 Å². The SMILES string of the molecule is CCNC(=NCC(=O)NCc1ccccc1)NCCc1c[nH]c2cc(C)ccc12.I. The van der Waals surface area contributed by atoms with Crippen LogP contribution in [0.4, 0.5) is 0 Å². The highest BCUT2D eigenvalue weighted by Gasteiger charge is 2.05. The van der Waals surface area contributed by atoms with E-state index in [0.29, 0.717) is 12.5 Å². The zero-order chi connectivity index (χ0) is 20.5. The van der Waals surface area contributed by atoms with Crippen molar-refractivity contribution in [1.82, 2.24) is 20.9 Å². The Morgan fingerprint density at radius 2 is 1.87 bits per heavy atom. The van der Waals surface area contributed by atoms with Crippen LogP contribution >= 0.6 is 24.0 Å². The molecule has 0 atom stereocenters. The largest absolute Gasteiger partial charge is 0.361 e. The molecule has 0 radical (unpaired) electrons. The number of rotatable bonds is 8. The molecule has 2 aromatic carbocycles. The molecular weight excluding hydrogens is 489 g/mol. The van der Waals surface area contributed by atoms with Crippen molar-refractivity contribution in [3.05, 3.63) is 71.4 Å². The summed E-state index contributed by atoms with van der Waals surface area (Å²) in [4.78, 5) is 19.8. The first kappa shape index (κ1) is 23.7. The number of carbonyl (C=O) groups excluding carboxylic acids is 1. The number of carbonyl (C=O) groups is 1. The second kappa shape index (κ2) is 12.2. The highest BCUT2D eigenvalue weighted by Crippen LogP contribution is 2.19. The van der Waals surface area contributed by atoms with Crippen molar-refractivity contribution in [1.29, 1.82) is 0 Å². The molecule has 4 N–H and O–H groups in total. The summed E-state index contributed by atoms with van der Waals surface area (Å²) in [5.41, 5.74) is 4.75. The molecular formula is C23H30IN5O. The average Bonchev–Trinajstić information content (AvgIpc) is 3.13. The first-order valence-electron chi connectivity index (χ1n) is 10.0. The predicted molar refractivity (Wildman–Crippen MR) is 134 cm³/mol. The molecule has 3 aromatic rings. The van der Waals surface area contributed by atoms with E-state index in [-0.39, 0.29) is 36.4 Å². The number of aryl methyl sites for hydroxylation is 1. The van der Waals surface area contributed by atoms with Gasteiger partial charge in [-0.15, -0.1) is 24.0 Å². The number of nitrogens with one attached hydrogen (secondary N) is 4. The Morgan fingerprint density at radius 1 is 1.07 bits per heavy atom. The van der Waals surface area contributed by atoms with Gasteiger partial charge in [0.1, 0.15) is 6.54 Å². The summed E-state index contributed by atoms with van der Waals surface area (Å²) in [6, 6.07) is 16.3. The molecule has 160 valence electrons. The third-order valence-electron chi connectivity index (χ3n) is 4.67. The van der Waals surface area contributed by atoms with Crippen molar-refractivity contribution in [3.8, 4) is 0 Å². The Hall–Kier alpha value is -2.55. The predicted octanol–water partition coefficient (Wildman–Crippen LogP) is 3.51. The molecule has 0 aliphatic heterocycles. The Bertz CT molecular complexity index is 968. The van der Waals surface area contributed by atoms with Crippen LogP contribution in [0, 0.1) is 6.92 Å². The summed E-state index contributed by atoms with van der Waals surface area (Å²) in [6.45, 7) is 6.18. The number of aromatic amines is 1. The molecule has 0 saturated carbocycles. The maximum Gasteiger partial charge on any atom is 0.242 e. The van der Waals surface area contributed by atoms with Gasteiger partial charge < -0.3 is 20.9 Å². The topological polar surface area (TPSA) is 81.3 Å². The second-order valence-electron chi connectivity index (χ2n) is 7.00. The summed E-state index contributed by atoms with van der Waals surface area (Å²) in [5, 5.41) is 10.6. The minimum atomic E-state index is -0.0990. The van der Waals surface area contributed by atoms with Gasteiger partial charge in [-0.25, -0.2) is 4.99 Å². The molecule has 0 fully saturated rings. The molecule has 7 heteroatoms. The quantitative estimate of drug-likeness (QED) is 0.209. The summed E-state index contributed by atoms with van der Waals surface area (Å²) < 4.78 is 0. The Labute approximate surface area is 195 Å². The molecule has 0 unspecified atom stereocenters. The highest BCUT2D eigenvalue weighted by atomic mass is 127. The number of guanidine groups is 1. The van der Waals surface area contributed by atoms with Crippen molar-refractivity contribution >= 4 is 46.7 Å². The fourth-order valence-corrected chi connectivity index (χ4v) is 3.17. The molecule has 1 heterocycles.